The van der Waals surface area contributed by atoms with E-state index in [1.165, 1.54) is 11.1 Å². The largest absolute Gasteiger partial charge is 0.268 e. The number of aromatic nitrogens is 5. The summed E-state index contributed by atoms with van der Waals surface area (Å²) in [5.41, 5.74) is 3.32. The van der Waals surface area contributed by atoms with E-state index in [2.05, 4.69) is 44.7 Å². The molecule has 0 spiro atoms. The van der Waals surface area contributed by atoms with Crippen LogP contribution in [0.5, 0.6) is 0 Å². The van der Waals surface area contributed by atoms with Gasteiger partial charge < -0.3 is 0 Å². The van der Waals surface area contributed by atoms with Crippen LogP contribution in [0.2, 0.25) is 0 Å². The van der Waals surface area contributed by atoms with Crippen molar-refractivity contribution in [2.75, 3.05) is 0 Å². The fourth-order valence-corrected chi connectivity index (χ4v) is 3.72. The van der Waals surface area contributed by atoms with Gasteiger partial charge in [0, 0.05) is 17.5 Å². The van der Waals surface area contributed by atoms with Crippen molar-refractivity contribution in [1.82, 2.24) is 24.7 Å². The van der Waals surface area contributed by atoms with Crippen LogP contribution in [0.25, 0.3) is 0 Å². The van der Waals surface area contributed by atoms with Gasteiger partial charge in [0.25, 0.3) is 0 Å². The van der Waals surface area contributed by atoms with Crippen LogP contribution in [0.3, 0.4) is 0 Å². The molecule has 0 saturated carbocycles. The van der Waals surface area contributed by atoms with Crippen molar-refractivity contribution in [3.05, 3.63) is 94.5 Å². The van der Waals surface area contributed by atoms with Crippen LogP contribution in [0.15, 0.2) is 83.3 Å². The maximum absolute atomic E-state index is 5.31. The number of rotatable bonds is 7. The van der Waals surface area contributed by atoms with E-state index in [0.29, 0.717) is 4.77 Å². The molecule has 0 atom stereocenters. The lowest BCUT2D eigenvalue weighted by atomic mass is 10.2. The molecule has 0 saturated heterocycles. The molecule has 0 amide bonds. The third kappa shape index (κ3) is 4.65. The minimum Gasteiger partial charge on any atom is -0.268 e. The smallest absolute Gasteiger partial charge is 0.217 e. The van der Waals surface area contributed by atoms with Crippen LogP contribution in [0.4, 0.5) is 0 Å². The zero-order valence-electron chi connectivity index (χ0n) is 15.0. The number of H-pyrrole nitrogens is 1. The first-order valence-electron chi connectivity index (χ1n) is 8.73. The third-order valence-electron chi connectivity index (χ3n) is 3.99. The Labute approximate surface area is 171 Å². The van der Waals surface area contributed by atoms with E-state index >= 15 is 0 Å². The lowest BCUT2D eigenvalue weighted by molar-refractivity contribution is 0.687. The van der Waals surface area contributed by atoms with Gasteiger partial charge in [-0.15, -0.1) is 5.10 Å². The van der Waals surface area contributed by atoms with Gasteiger partial charge >= 0.3 is 0 Å². The van der Waals surface area contributed by atoms with Gasteiger partial charge in [0.1, 0.15) is 0 Å². The summed E-state index contributed by atoms with van der Waals surface area (Å²) in [6.45, 7) is 0.720. The molecular formula is C20H18N6S2. The van der Waals surface area contributed by atoms with E-state index in [9.17, 15) is 0 Å². The Morgan fingerprint density at radius 3 is 2.50 bits per heavy atom. The molecule has 2 aromatic carbocycles. The summed E-state index contributed by atoms with van der Waals surface area (Å²) in [7, 11) is 0. The average Bonchev–Trinajstić information content (AvgIpc) is 3.32. The van der Waals surface area contributed by atoms with Gasteiger partial charge in [0.2, 0.25) is 9.93 Å². The van der Waals surface area contributed by atoms with Crippen molar-refractivity contribution in [1.29, 1.82) is 0 Å². The summed E-state index contributed by atoms with van der Waals surface area (Å²) >= 11 is 6.89. The van der Waals surface area contributed by atoms with Crippen molar-refractivity contribution >= 4 is 30.2 Å². The summed E-state index contributed by atoms with van der Waals surface area (Å²) in [6, 6.07) is 20.4. The highest BCUT2D eigenvalue weighted by Crippen LogP contribution is 2.20. The van der Waals surface area contributed by atoms with Gasteiger partial charge in [-0.2, -0.15) is 14.9 Å². The molecule has 0 aliphatic rings. The van der Waals surface area contributed by atoms with Gasteiger partial charge in [-0.1, -0.05) is 72.4 Å². The number of hydrogen-bond donors (Lipinski definition) is 1. The summed E-state index contributed by atoms with van der Waals surface area (Å²) < 4.78 is 3.98. The molecule has 0 radical (unpaired) electrons. The molecule has 2 aromatic heterocycles. The highest BCUT2D eigenvalue weighted by atomic mass is 32.2. The molecule has 4 rings (SSSR count). The Bertz CT molecular complexity index is 1110. The second-order valence-corrected chi connectivity index (χ2v) is 7.43. The fraction of sp³-hybridized carbons (Fsp3) is 0.100. The molecule has 8 heteroatoms. The molecule has 2 heterocycles. The van der Waals surface area contributed by atoms with Crippen molar-refractivity contribution in [3.8, 4) is 0 Å². The quantitative estimate of drug-likeness (QED) is 0.281. The normalized spacial score (nSPS) is 11.3. The van der Waals surface area contributed by atoms with Crippen LogP contribution < -0.4 is 0 Å². The fourth-order valence-electron chi connectivity index (χ4n) is 2.62. The first-order chi connectivity index (χ1) is 13.8. The molecule has 4 aromatic rings. The highest BCUT2D eigenvalue weighted by molar-refractivity contribution is 7.98. The molecule has 0 unspecified atom stereocenters. The van der Waals surface area contributed by atoms with Crippen molar-refractivity contribution < 1.29 is 0 Å². The topological polar surface area (TPSA) is 63.8 Å². The van der Waals surface area contributed by atoms with Gasteiger partial charge in [-0.3, -0.25) is 4.68 Å². The molecule has 140 valence electrons. The van der Waals surface area contributed by atoms with Crippen LogP contribution in [0, 0.1) is 4.77 Å². The van der Waals surface area contributed by atoms with E-state index in [-0.39, 0.29) is 0 Å². The zero-order chi connectivity index (χ0) is 19.2. The molecule has 6 nitrogen and oxygen atoms in total. The number of aromatic amines is 1. The van der Waals surface area contributed by atoms with Crippen molar-refractivity contribution in [2.24, 2.45) is 5.10 Å². The average molecular weight is 407 g/mol. The van der Waals surface area contributed by atoms with E-state index in [1.807, 2.05) is 47.3 Å². The van der Waals surface area contributed by atoms with E-state index in [1.54, 1.807) is 28.8 Å². The van der Waals surface area contributed by atoms with E-state index in [4.69, 9.17) is 12.2 Å². The summed E-state index contributed by atoms with van der Waals surface area (Å²) in [5, 5.41) is 16.7. The Morgan fingerprint density at radius 2 is 1.75 bits per heavy atom. The summed E-state index contributed by atoms with van der Waals surface area (Å²) in [6.07, 6.45) is 5.48. The lowest BCUT2D eigenvalue weighted by Crippen LogP contribution is -1.99. The maximum atomic E-state index is 5.31. The Morgan fingerprint density at radius 1 is 1.04 bits per heavy atom. The number of benzene rings is 2. The summed E-state index contributed by atoms with van der Waals surface area (Å²) in [4.78, 5) is 0. The second-order valence-electron chi connectivity index (χ2n) is 6.10. The molecular weight excluding hydrogens is 388 g/mol. The van der Waals surface area contributed by atoms with Crippen molar-refractivity contribution in [3.63, 3.8) is 0 Å². The minimum atomic E-state index is 0.462. The zero-order valence-corrected chi connectivity index (χ0v) is 16.6. The molecule has 1 N–H and O–H groups in total. The third-order valence-corrected chi connectivity index (χ3v) is 5.26. The van der Waals surface area contributed by atoms with E-state index < -0.39 is 0 Å². The summed E-state index contributed by atoms with van der Waals surface area (Å²) in [5.74, 6) is 0.797. The Balaban J connectivity index is 1.45. The SMILES string of the molecule is S=c1[nH]nc(SCc2ccccc2)n1/N=C\c1cnn(Cc2ccccc2)c1. The number of nitrogens with zero attached hydrogens (tertiary/aromatic N) is 5. The predicted molar refractivity (Wildman–Crippen MR) is 114 cm³/mol. The predicted octanol–water partition coefficient (Wildman–Crippen LogP) is 4.36. The van der Waals surface area contributed by atoms with Crippen LogP contribution in [-0.4, -0.2) is 30.9 Å². The maximum Gasteiger partial charge on any atom is 0.217 e. The molecule has 0 fully saturated rings. The van der Waals surface area contributed by atoms with E-state index in [0.717, 1.165) is 23.0 Å². The van der Waals surface area contributed by atoms with Gasteiger partial charge in [0.05, 0.1) is 19.0 Å². The molecule has 0 bridgehead atoms. The Kier molecular flexibility index (Phi) is 5.79. The molecule has 0 aliphatic heterocycles. The monoisotopic (exact) mass is 406 g/mol. The van der Waals surface area contributed by atoms with Gasteiger partial charge in [-0.25, -0.2) is 5.10 Å². The van der Waals surface area contributed by atoms with Gasteiger partial charge in [-0.05, 0) is 23.3 Å². The minimum absolute atomic E-state index is 0.462. The van der Waals surface area contributed by atoms with Crippen LogP contribution >= 0.6 is 24.0 Å². The lowest BCUT2D eigenvalue weighted by Gasteiger charge is -2.01. The second kappa shape index (κ2) is 8.81. The standard InChI is InChI=1S/C20H18N6S2/c27-19-23-24-20(28-15-17-9-5-2-6-10-17)26(19)22-12-18-11-21-25(14-18)13-16-7-3-1-4-8-16/h1-12,14H,13,15H2,(H,23,27)/b22-12-. The van der Waals surface area contributed by atoms with Crippen LogP contribution in [-0.2, 0) is 12.3 Å². The van der Waals surface area contributed by atoms with Gasteiger partial charge in [0.15, 0.2) is 0 Å². The highest BCUT2D eigenvalue weighted by Gasteiger charge is 2.06. The number of thioether (sulfide) groups is 1. The Hall–Kier alpha value is -2.97. The van der Waals surface area contributed by atoms with Crippen LogP contribution in [0.1, 0.15) is 16.7 Å². The molecule has 0 aliphatic carbocycles. The first-order valence-corrected chi connectivity index (χ1v) is 10.1. The first kappa shape index (κ1) is 18.4. The molecule has 28 heavy (non-hydrogen) atoms. The number of nitrogens with one attached hydrogen (secondary N) is 1. The number of hydrogen-bond acceptors (Lipinski definition) is 5. The van der Waals surface area contributed by atoms with Crippen molar-refractivity contribution in [2.45, 2.75) is 17.5 Å².